The summed E-state index contributed by atoms with van der Waals surface area (Å²) in [5.74, 6) is -0.564. The average molecular weight is 511 g/mol. The summed E-state index contributed by atoms with van der Waals surface area (Å²) in [7, 11) is 0. The highest BCUT2D eigenvalue weighted by Gasteiger charge is 2.21. The van der Waals surface area contributed by atoms with Crippen molar-refractivity contribution in [2.45, 2.75) is 59.0 Å². The number of aromatic amines is 1. The van der Waals surface area contributed by atoms with Crippen molar-refractivity contribution in [3.63, 3.8) is 0 Å². The molecule has 0 fully saturated rings. The fourth-order valence-electron chi connectivity index (χ4n) is 4.31. The second-order valence-electron chi connectivity index (χ2n) is 8.78. The van der Waals surface area contributed by atoms with Crippen molar-refractivity contribution in [3.05, 3.63) is 56.4 Å². The van der Waals surface area contributed by atoms with E-state index < -0.39 is 17.4 Å². The van der Waals surface area contributed by atoms with Gasteiger partial charge in [-0.05, 0) is 56.4 Å². The zero-order valence-corrected chi connectivity index (χ0v) is 20.8. The lowest BCUT2D eigenvalue weighted by Gasteiger charge is -2.11. The van der Waals surface area contributed by atoms with Gasteiger partial charge in [-0.1, -0.05) is 13.8 Å². The number of carboxylic acids is 1. The van der Waals surface area contributed by atoms with Crippen molar-refractivity contribution in [2.24, 2.45) is 0 Å². The number of hydrazine groups is 1. The third kappa shape index (κ3) is 5.42. The first-order valence-electron chi connectivity index (χ1n) is 12.3. The number of carbonyl (C=O) groups is 2. The van der Waals surface area contributed by atoms with Crippen LogP contribution in [0.2, 0.25) is 0 Å². The van der Waals surface area contributed by atoms with Crippen LogP contribution in [0.5, 0.6) is 5.75 Å². The number of imidazole rings is 1. The zero-order chi connectivity index (χ0) is 26.5. The van der Waals surface area contributed by atoms with Crippen LogP contribution in [-0.4, -0.2) is 42.7 Å². The van der Waals surface area contributed by atoms with Gasteiger partial charge >= 0.3 is 11.7 Å². The molecule has 2 heterocycles. The standard InChI is InChI=1S/C25H30N6O6/c1-3-12-30-22-20(23(33)31(13-4-2)25(30)36)26-21(27-22)15-8-10-16(11-9-15)37-14-19(32)29-28-18-7-5-6-17(18)24(34)35/h8-11,28H,3-7,12-14H2,1-2H3,(H,26,27)(H,29,32)(H,34,35). The summed E-state index contributed by atoms with van der Waals surface area (Å²) in [6, 6.07) is 6.80. The van der Waals surface area contributed by atoms with Gasteiger partial charge in [0.05, 0.1) is 5.57 Å². The Kier molecular flexibility index (Phi) is 7.75. The van der Waals surface area contributed by atoms with Gasteiger partial charge in [-0.15, -0.1) is 0 Å². The molecule has 0 spiro atoms. The van der Waals surface area contributed by atoms with Crippen molar-refractivity contribution in [1.82, 2.24) is 30.0 Å². The number of carbonyl (C=O) groups excluding carboxylic acids is 1. The molecule has 1 amide bonds. The quantitative estimate of drug-likeness (QED) is 0.285. The summed E-state index contributed by atoms with van der Waals surface area (Å²) in [6.07, 6.45) is 3.12. The van der Waals surface area contributed by atoms with Gasteiger partial charge in [0.25, 0.3) is 11.5 Å². The highest BCUT2D eigenvalue weighted by Crippen LogP contribution is 2.24. The van der Waals surface area contributed by atoms with Crippen molar-refractivity contribution in [2.75, 3.05) is 6.61 Å². The normalized spacial score (nSPS) is 13.2. The lowest BCUT2D eigenvalue weighted by Crippen LogP contribution is -2.40. The molecule has 3 aromatic rings. The van der Waals surface area contributed by atoms with E-state index in [9.17, 15) is 24.3 Å². The summed E-state index contributed by atoms with van der Waals surface area (Å²) in [5, 5.41) is 9.17. The maximum absolute atomic E-state index is 12.9. The van der Waals surface area contributed by atoms with Gasteiger partial charge in [0.2, 0.25) is 0 Å². The molecular weight excluding hydrogens is 480 g/mol. The van der Waals surface area contributed by atoms with E-state index in [0.29, 0.717) is 60.8 Å². The van der Waals surface area contributed by atoms with Crippen LogP contribution in [0.15, 0.2) is 45.1 Å². The van der Waals surface area contributed by atoms with Crippen molar-refractivity contribution < 1.29 is 19.4 Å². The number of aryl methyl sites for hydroxylation is 1. The number of nitrogens with zero attached hydrogens (tertiary/aromatic N) is 3. The number of carboxylic acid groups (broad SMARTS) is 1. The Morgan fingerprint density at radius 1 is 1.08 bits per heavy atom. The molecule has 37 heavy (non-hydrogen) atoms. The maximum atomic E-state index is 12.9. The average Bonchev–Trinajstić information content (AvgIpc) is 3.55. The molecule has 12 nitrogen and oxygen atoms in total. The molecule has 0 unspecified atom stereocenters. The number of aromatic nitrogens is 4. The molecule has 0 saturated carbocycles. The first-order valence-corrected chi connectivity index (χ1v) is 12.3. The Balaban J connectivity index is 1.46. The van der Waals surface area contributed by atoms with E-state index in [1.165, 1.54) is 9.13 Å². The van der Waals surface area contributed by atoms with Crippen LogP contribution in [0.1, 0.15) is 46.0 Å². The number of rotatable bonds is 11. The number of allylic oxidation sites excluding steroid dienone is 1. The third-order valence-electron chi connectivity index (χ3n) is 6.08. The molecule has 0 radical (unpaired) electrons. The molecule has 0 saturated heterocycles. The topological polar surface area (TPSA) is 160 Å². The number of H-pyrrole nitrogens is 1. The van der Waals surface area contributed by atoms with Crippen LogP contribution >= 0.6 is 0 Å². The molecule has 4 rings (SSSR count). The Bertz CT molecular complexity index is 1460. The van der Waals surface area contributed by atoms with Crippen molar-refractivity contribution in [1.29, 1.82) is 0 Å². The molecule has 1 aromatic carbocycles. The lowest BCUT2D eigenvalue weighted by atomic mass is 10.2. The largest absolute Gasteiger partial charge is 0.484 e. The number of hydrogen-bond acceptors (Lipinski definition) is 7. The molecule has 4 N–H and O–H groups in total. The monoisotopic (exact) mass is 510 g/mol. The van der Waals surface area contributed by atoms with Crippen LogP contribution in [0.4, 0.5) is 0 Å². The van der Waals surface area contributed by atoms with E-state index in [0.717, 1.165) is 12.8 Å². The SMILES string of the molecule is CCCn1c(=O)c2[nH]c(-c3ccc(OCC(=O)NNC4=C(C(=O)O)CCC4)cc3)nc2n(CCC)c1=O. The molecule has 0 bridgehead atoms. The summed E-state index contributed by atoms with van der Waals surface area (Å²) >= 11 is 0. The maximum Gasteiger partial charge on any atom is 0.333 e. The summed E-state index contributed by atoms with van der Waals surface area (Å²) in [6.45, 7) is 4.37. The van der Waals surface area contributed by atoms with Crippen LogP contribution in [0, 0.1) is 0 Å². The summed E-state index contributed by atoms with van der Waals surface area (Å²) in [4.78, 5) is 56.7. The van der Waals surface area contributed by atoms with E-state index in [-0.39, 0.29) is 23.4 Å². The minimum Gasteiger partial charge on any atom is -0.484 e. The number of fused-ring (bicyclic) bond motifs is 1. The van der Waals surface area contributed by atoms with E-state index >= 15 is 0 Å². The molecule has 0 atom stereocenters. The Morgan fingerprint density at radius 2 is 1.78 bits per heavy atom. The predicted octanol–water partition coefficient (Wildman–Crippen LogP) is 1.90. The number of hydrogen-bond donors (Lipinski definition) is 4. The molecule has 1 aliphatic rings. The first kappa shape index (κ1) is 25.7. The summed E-state index contributed by atoms with van der Waals surface area (Å²) in [5.41, 5.74) is 6.46. The smallest absolute Gasteiger partial charge is 0.333 e. The Hall–Kier alpha value is -4.35. The van der Waals surface area contributed by atoms with Gasteiger partial charge in [-0.2, -0.15) is 0 Å². The predicted molar refractivity (Wildman–Crippen MR) is 136 cm³/mol. The van der Waals surface area contributed by atoms with E-state index in [1.807, 2.05) is 13.8 Å². The second kappa shape index (κ2) is 11.1. The minimum atomic E-state index is -0.990. The molecule has 196 valence electrons. The van der Waals surface area contributed by atoms with Crippen molar-refractivity contribution >= 4 is 23.0 Å². The van der Waals surface area contributed by atoms with Gasteiger partial charge < -0.3 is 20.3 Å². The molecule has 0 aliphatic heterocycles. The molecule has 12 heteroatoms. The van der Waals surface area contributed by atoms with Gasteiger partial charge in [0.15, 0.2) is 12.3 Å². The second-order valence-corrected chi connectivity index (χ2v) is 8.78. The summed E-state index contributed by atoms with van der Waals surface area (Å²) < 4.78 is 8.29. The van der Waals surface area contributed by atoms with Gasteiger partial charge in [-0.3, -0.25) is 24.1 Å². The van der Waals surface area contributed by atoms with Crippen LogP contribution in [0.25, 0.3) is 22.6 Å². The fourth-order valence-corrected chi connectivity index (χ4v) is 4.31. The molecular formula is C25H30N6O6. The van der Waals surface area contributed by atoms with E-state index in [2.05, 4.69) is 20.8 Å². The van der Waals surface area contributed by atoms with Crippen molar-refractivity contribution in [3.8, 4) is 17.1 Å². The lowest BCUT2D eigenvalue weighted by molar-refractivity contribution is -0.133. The van der Waals surface area contributed by atoms with Crippen LogP contribution in [-0.2, 0) is 22.7 Å². The Morgan fingerprint density at radius 3 is 2.46 bits per heavy atom. The number of ether oxygens (including phenoxy) is 1. The number of aliphatic carboxylic acids is 1. The zero-order valence-electron chi connectivity index (χ0n) is 20.8. The Labute approximate surface area is 211 Å². The van der Waals surface area contributed by atoms with Crippen LogP contribution in [0.3, 0.4) is 0 Å². The number of nitrogens with one attached hydrogen (secondary N) is 3. The number of amides is 1. The van der Waals surface area contributed by atoms with E-state index in [1.54, 1.807) is 24.3 Å². The minimum absolute atomic E-state index is 0.271. The molecule has 1 aliphatic carbocycles. The highest BCUT2D eigenvalue weighted by atomic mass is 16.5. The first-order chi connectivity index (χ1) is 17.8. The van der Waals surface area contributed by atoms with Gasteiger partial charge in [0, 0.05) is 24.4 Å². The van der Waals surface area contributed by atoms with Gasteiger partial charge in [0.1, 0.15) is 17.1 Å². The van der Waals surface area contributed by atoms with E-state index in [4.69, 9.17) is 4.74 Å². The highest BCUT2D eigenvalue weighted by molar-refractivity contribution is 5.88. The third-order valence-corrected chi connectivity index (χ3v) is 6.08. The van der Waals surface area contributed by atoms with Crippen LogP contribution < -0.4 is 26.8 Å². The fraction of sp³-hybridized carbons (Fsp3) is 0.400. The molecule has 2 aromatic heterocycles. The van der Waals surface area contributed by atoms with Gasteiger partial charge in [-0.25, -0.2) is 14.6 Å². The number of benzene rings is 1.